The predicted octanol–water partition coefficient (Wildman–Crippen LogP) is 18.9. The maximum atomic E-state index is 14.6. The molecule has 0 saturated heterocycles. The Morgan fingerprint density at radius 3 is 1.37 bits per heavy atom. The highest BCUT2D eigenvalue weighted by atomic mass is 19.4. The van der Waals surface area contributed by atoms with Gasteiger partial charge >= 0.3 is 37.1 Å². The number of halogens is 18. The summed E-state index contributed by atoms with van der Waals surface area (Å²) in [7, 11) is 0. The number of anilines is 1. The van der Waals surface area contributed by atoms with Gasteiger partial charge in [-0.05, 0) is 143 Å². The molecule has 8 aromatic rings. The van der Waals surface area contributed by atoms with Crippen LogP contribution in [0.3, 0.4) is 0 Å². The summed E-state index contributed by atoms with van der Waals surface area (Å²) in [5.41, 5.74) is -13.1. The fourth-order valence-electron chi connectivity index (χ4n) is 8.64. The average molecular weight is 1060 g/mol. The van der Waals surface area contributed by atoms with Crippen LogP contribution in [0.1, 0.15) is 45.9 Å². The van der Waals surface area contributed by atoms with Crippen molar-refractivity contribution in [2.24, 2.45) is 0 Å². The topological polar surface area (TPSA) is 40.8 Å². The number of hydrogen-bond donors (Lipinski definition) is 1. The number of hydrogen-bond acceptors (Lipinski definition) is 2. The molecule has 0 radical (unpaired) electrons. The summed E-state index contributed by atoms with van der Waals surface area (Å²) in [4.78, 5) is 0. The zero-order chi connectivity index (χ0) is 55.0. The molecule has 0 spiro atoms. The fraction of sp³-hybridized carbons (Fsp3) is 0.130. The summed E-state index contributed by atoms with van der Waals surface area (Å²) in [6.45, 7) is 5.52. The number of nitrogens with zero attached hydrogens (tertiary/aromatic N) is 2. The van der Waals surface area contributed by atoms with Crippen molar-refractivity contribution in [1.29, 1.82) is 5.26 Å². The number of benzene rings is 7. The van der Waals surface area contributed by atoms with Gasteiger partial charge in [-0.15, -0.1) is 0 Å². The number of aromatic nitrogens is 1. The van der Waals surface area contributed by atoms with Crippen molar-refractivity contribution in [3.05, 3.63) is 191 Å². The molecular weight excluding hydrogens is 1030 g/mol. The van der Waals surface area contributed by atoms with Gasteiger partial charge < -0.3 is 9.88 Å². The van der Waals surface area contributed by atoms with Gasteiger partial charge in [0.15, 0.2) is 0 Å². The van der Waals surface area contributed by atoms with Crippen LogP contribution in [-0.2, 0) is 37.1 Å². The minimum Gasteiger partial charge on any atom is -0.356 e. The van der Waals surface area contributed by atoms with E-state index in [1.54, 1.807) is 13.0 Å². The van der Waals surface area contributed by atoms with Crippen LogP contribution < -0.4 is 5.32 Å². The van der Waals surface area contributed by atoms with E-state index in [1.807, 2.05) is 6.07 Å². The monoisotopic (exact) mass is 1060 g/mol. The van der Waals surface area contributed by atoms with Gasteiger partial charge in [0.1, 0.15) is 0 Å². The molecule has 0 aliphatic rings. The van der Waals surface area contributed by atoms with Crippen molar-refractivity contribution >= 4 is 27.5 Å². The highest BCUT2D eigenvalue weighted by molar-refractivity contribution is 6.12. The van der Waals surface area contributed by atoms with E-state index in [0.717, 1.165) is 36.4 Å². The molecule has 0 atom stereocenters. The standard InChI is InChI=1S/C54H29F18N3/c1-3-5-27(2)74-44-13-8-30(39-12-11-34(49(55,56)57)25-43(39)54(70,71)72)22-42(44)48-31(26-73)6-4-7-47(48)75-45-14-9-28(32-16-35(50(58,59)60)23-36(17-32)51(61,62)63)20-40(45)41-21-29(10-15-46(41)75)33-18-37(52(64,65)66)24-38(19-33)53(67,68)69/h3-25,74H,2H2,1H3/b5-3-. The van der Waals surface area contributed by atoms with Gasteiger partial charge in [0.05, 0.1) is 61.7 Å². The second kappa shape index (κ2) is 18.7. The van der Waals surface area contributed by atoms with Crippen molar-refractivity contribution in [3.63, 3.8) is 0 Å². The third kappa shape index (κ3) is 10.6. The van der Waals surface area contributed by atoms with E-state index in [4.69, 9.17) is 0 Å². The molecule has 21 heteroatoms. The molecule has 0 bridgehead atoms. The van der Waals surface area contributed by atoms with Crippen LogP contribution in [0.4, 0.5) is 84.7 Å². The number of alkyl halides is 18. The Morgan fingerprint density at radius 2 is 0.947 bits per heavy atom. The Bertz CT molecular complexity index is 3450. The Hall–Kier alpha value is -8.15. The van der Waals surface area contributed by atoms with E-state index in [9.17, 15) is 84.3 Å². The van der Waals surface area contributed by atoms with E-state index < -0.39 is 87.1 Å². The lowest BCUT2D eigenvalue weighted by atomic mass is 9.90. The molecule has 0 aliphatic heterocycles. The summed E-state index contributed by atoms with van der Waals surface area (Å²) >= 11 is 0. The predicted molar refractivity (Wildman–Crippen MR) is 245 cm³/mol. The maximum Gasteiger partial charge on any atom is 0.417 e. The third-order valence-corrected chi connectivity index (χ3v) is 11.9. The van der Waals surface area contributed by atoms with Gasteiger partial charge in [-0.3, -0.25) is 0 Å². The summed E-state index contributed by atoms with van der Waals surface area (Å²) in [5, 5.41) is 13.5. The van der Waals surface area contributed by atoms with E-state index in [2.05, 4.69) is 11.9 Å². The van der Waals surface area contributed by atoms with Gasteiger partial charge in [-0.25, -0.2) is 0 Å². The Labute approximate surface area is 411 Å². The fourth-order valence-corrected chi connectivity index (χ4v) is 8.64. The first-order valence-electron chi connectivity index (χ1n) is 21.5. The van der Waals surface area contributed by atoms with Crippen molar-refractivity contribution < 1.29 is 79.0 Å². The zero-order valence-electron chi connectivity index (χ0n) is 37.7. The number of rotatable bonds is 8. The summed E-state index contributed by atoms with van der Waals surface area (Å²) in [6.07, 6.45) is -28.7. The maximum absolute atomic E-state index is 14.6. The lowest BCUT2D eigenvalue weighted by Crippen LogP contribution is -2.12. The Balaban J connectivity index is 1.48. The number of nitriles is 1. The van der Waals surface area contributed by atoms with Gasteiger partial charge in [0, 0.05) is 33.3 Å². The Morgan fingerprint density at radius 1 is 0.480 bits per heavy atom. The Kier molecular flexibility index (Phi) is 13.2. The second-order valence-electron chi connectivity index (χ2n) is 16.9. The van der Waals surface area contributed by atoms with E-state index in [0.29, 0.717) is 36.4 Å². The highest BCUT2D eigenvalue weighted by Gasteiger charge is 2.41. The van der Waals surface area contributed by atoms with Gasteiger partial charge in [-0.2, -0.15) is 84.3 Å². The number of fused-ring (bicyclic) bond motifs is 3. The molecule has 386 valence electrons. The average Bonchev–Trinajstić information content (AvgIpc) is 3.65. The van der Waals surface area contributed by atoms with E-state index in [1.165, 1.54) is 47.0 Å². The zero-order valence-corrected chi connectivity index (χ0v) is 37.7. The molecule has 8 rings (SSSR count). The molecule has 0 unspecified atom stereocenters. The molecular formula is C54H29F18N3. The minimum absolute atomic E-state index is 0.0105. The molecule has 0 amide bonds. The first-order valence-corrected chi connectivity index (χ1v) is 21.5. The van der Waals surface area contributed by atoms with Crippen LogP contribution in [-0.4, -0.2) is 4.57 Å². The molecule has 0 fully saturated rings. The summed E-state index contributed by atoms with van der Waals surface area (Å²) in [6, 6.07) is 19.0. The lowest BCUT2D eigenvalue weighted by Gasteiger charge is -2.21. The van der Waals surface area contributed by atoms with E-state index >= 15 is 0 Å². The molecule has 7 aromatic carbocycles. The minimum atomic E-state index is -5.35. The van der Waals surface area contributed by atoms with Crippen LogP contribution >= 0.6 is 0 Å². The van der Waals surface area contributed by atoms with Crippen LogP contribution in [0, 0.1) is 11.3 Å². The highest BCUT2D eigenvalue weighted by Crippen LogP contribution is 2.48. The van der Waals surface area contributed by atoms with Crippen LogP contribution in [0.2, 0.25) is 0 Å². The molecule has 3 nitrogen and oxygen atoms in total. The number of nitrogens with one attached hydrogen (secondary N) is 1. The van der Waals surface area contributed by atoms with Gasteiger partial charge in [0.2, 0.25) is 0 Å². The van der Waals surface area contributed by atoms with Crippen molar-refractivity contribution in [2.75, 3.05) is 5.32 Å². The van der Waals surface area contributed by atoms with E-state index in [-0.39, 0.29) is 90.5 Å². The number of allylic oxidation sites excluding steroid dienone is 2. The second-order valence-corrected chi connectivity index (χ2v) is 16.9. The third-order valence-electron chi connectivity index (χ3n) is 11.9. The molecule has 0 aliphatic carbocycles. The molecule has 1 N–H and O–H groups in total. The summed E-state index contributed by atoms with van der Waals surface area (Å²) in [5.74, 6) is 0. The van der Waals surface area contributed by atoms with Crippen molar-refractivity contribution in [2.45, 2.75) is 44.0 Å². The van der Waals surface area contributed by atoms with Crippen LogP contribution in [0.15, 0.2) is 152 Å². The molecule has 1 heterocycles. The molecule has 1 aromatic heterocycles. The van der Waals surface area contributed by atoms with Gasteiger partial charge in [0.25, 0.3) is 0 Å². The normalized spacial score (nSPS) is 13.0. The first-order chi connectivity index (χ1) is 34.8. The first kappa shape index (κ1) is 53.2. The smallest absolute Gasteiger partial charge is 0.356 e. The van der Waals surface area contributed by atoms with Crippen LogP contribution in [0.25, 0.3) is 72.0 Å². The van der Waals surface area contributed by atoms with Crippen molar-refractivity contribution in [3.8, 4) is 56.3 Å². The quantitative estimate of drug-likeness (QED) is 0.122. The van der Waals surface area contributed by atoms with Gasteiger partial charge in [-0.1, -0.05) is 43.0 Å². The summed E-state index contributed by atoms with van der Waals surface area (Å²) < 4.78 is 256. The lowest BCUT2D eigenvalue weighted by molar-refractivity contribution is -0.144. The van der Waals surface area contributed by atoms with Crippen LogP contribution in [0.5, 0.6) is 0 Å². The largest absolute Gasteiger partial charge is 0.417 e. The molecule has 0 saturated carbocycles. The molecule has 75 heavy (non-hydrogen) atoms. The SMILES string of the molecule is C=C(/C=C\C)Nc1ccc(-c2ccc(C(F)(F)F)cc2C(F)(F)F)cc1-c1c(C#N)cccc1-n1c2ccc(-c3cc(C(F)(F)F)cc(C(F)(F)F)c3)cc2c2cc(-c3cc(C(F)(F)F)cc(C(F)(F)F)c3)ccc21. The van der Waals surface area contributed by atoms with Crippen molar-refractivity contribution in [1.82, 2.24) is 4.57 Å².